The van der Waals surface area contributed by atoms with Crippen molar-refractivity contribution in [2.75, 3.05) is 5.75 Å². The number of hydrogen-bond acceptors (Lipinski definition) is 8. The largest absolute Gasteiger partial charge is 0.480 e. The van der Waals surface area contributed by atoms with E-state index in [4.69, 9.17) is 17.2 Å². The number of hydrogen-bond donors (Lipinski definition) is 8. The third-order valence-electron chi connectivity index (χ3n) is 4.39. The summed E-state index contributed by atoms with van der Waals surface area (Å²) in [5, 5.41) is 16.4. The minimum atomic E-state index is -1.38. The molecule has 4 atom stereocenters. The topological polar surface area (TPSA) is 237 Å². The maximum absolute atomic E-state index is 12.6. The highest BCUT2D eigenvalue weighted by Gasteiger charge is 2.31. The van der Waals surface area contributed by atoms with E-state index in [1.54, 1.807) is 13.8 Å². The molecule has 0 aliphatic rings. The molecule has 0 aliphatic heterocycles. The van der Waals surface area contributed by atoms with E-state index in [9.17, 15) is 33.9 Å². The van der Waals surface area contributed by atoms with Crippen LogP contribution in [-0.2, 0) is 28.8 Å². The summed E-state index contributed by atoms with van der Waals surface area (Å²) in [5.74, 6) is -5.51. The van der Waals surface area contributed by atoms with Crippen LogP contribution in [0.4, 0.5) is 0 Å². The number of carbonyl (C=O) groups excluding carboxylic acids is 5. The van der Waals surface area contributed by atoms with Gasteiger partial charge in [-0.3, -0.25) is 24.0 Å². The lowest BCUT2D eigenvalue weighted by Gasteiger charge is -2.26. The van der Waals surface area contributed by atoms with Crippen molar-refractivity contribution >= 4 is 48.1 Å². The van der Waals surface area contributed by atoms with Crippen molar-refractivity contribution in [1.29, 1.82) is 0 Å². The third kappa shape index (κ3) is 10.9. The van der Waals surface area contributed by atoms with E-state index in [0.29, 0.717) is 0 Å². The van der Waals surface area contributed by atoms with Crippen molar-refractivity contribution in [2.24, 2.45) is 23.1 Å². The highest BCUT2D eigenvalue weighted by atomic mass is 32.1. The summed E-state index contributed by atoms with van der Waals surface area (Å²) in [7, 11) is 0. The molecule has 0 aromatic carbocycles. The van der Waals surface area contributed by atoms with Gasteiger partial charge in [0.15, 0.2) is 0 Å². The molecule has 0 heterocycles. The SMILES string of the molecule is CC(C)C(NC(=O)C(CS)NC(=O)C(N)CCC(N)=O)C(=O)NC(CCC(N)=O)C(=O)O. The van der Waals surface area contributed by atoms with Crippen LogP contribution in [0.25, 0.3) is 0 Å². The second kappa shape index (κ2) is 14.2. The molecule has 0 aromatic rings. The Morgan fingerprint density at radius 3 is 1.75 bits per heavy atom. The Labute approximate surface area is 191 Å². The van der Waals surface area contributed by atoms with Crippen molar-refractivity contribution in [3.63, 3.8) is 0 Å². The molecule has 0 saturated heterocycles. The van der Waals surface area contributed by atoms with Gasteiger partial charge >= 0.3 is 5.97 Å². The van der Waals surface area contributed by atoms with Gasteiger partial charge in [0.1, 0.15) is 18.1 Å². The number of carboxylic acids is 1. The Hall–Kier alpha value is -2.87. The highest BCUT2D eigenvalue weighted by molar-refractivity contribution is 7.80. The molecule has 0 aliphatic carbocycles. The summed E-state index contributed by atoms with van der Waals surface area (Å²) in [5.41, 5.74) is 15.7. The average Bonchev–Trinajstić information content (AvgIpc) is 2.69. The summed E-state index contributed by atoms with van der Waals surface area (Å²) >= 11 is 4.03. The summed E-state index contributed by atoms with van der Waals surface area (Å²) in [4.78, 5) is 70.4. The molecule has 0 saturated carbocycles. The van der Waals surface area contributed by atoms with Crippen LogP contribution in [0.2, 0.25) is 0 Å². The van der Waals surface area contributed by atoms with Crippen LogP contribution in [0, 0.1) is 5.92 Å². The molecule has 4 unspecified atom stereocenters. The lowest BCUT2D eigenvalue weighted by atomic mass is 10.0. The zero-order valence-corrected chi connectivity index (χ0v) is 18.9. The van der Waals surface area contributed by atoms with E-state index in [0.717, 1.165) is 0 Å². The normalized spacial score (nSPS) is 14.5. The number of carbonyl (C=O) groups is 6. The molecule has 0 rings (SSSR count). The summed E-state index contributed by atoms with van der Waals surface area (Å²) in [6, 6.07) is -4.74. The summed E-state index contributed by atoms with van der Waals surface area (Å²) in [6.07, 6.45) is -0.587. The molecule has 0 spiro atoms. The van der Waals surface area contributed by atoms with Crippen molar-refractivity contribution in [2.45, 2.75) is 63.7 Å². The van der Waals surface area contributed by atoms with Crippen LogP contribution in [0.1, 0.15) is 39.5 Å². The van der Waals surface area contributed by atoms with Crippen molar-refractivity contribution < 1.29 is 33.9 Å². The van der Waals surface area contributed by atoms with Gasteiger partial charge in [0.05, 0.1) is 6.04 Å². The minimum Gasteiger partial charge on any atom is -0.480 e. The molecule has 5 amide bonds. The Kier molecular flexibility index (Phi) is 13.0. The van der Waals surface area contributed by atoms with Gasteiger partial charge in [0, 0.05) is 18.6 Å². The molecule has 0 radical (unpaired) electrons. The van der Waals surface area contributed by atoms with Crippen molar-refractivity contribution in [3.05, 3.63) is 0 Å². The first-order valence-electron chi connectivity index (χ1n) is 9.87. The lowest BCUT2D eigenvalue weighted by Crippen LogP contribution is -2.59. The Bertz CT molecular complexity index is 718. The van der Waals surface area contributed by atoms with Gasteiger partial charge in [-0.2, -0.15) is 12.6 Å². The maximum Gasteiger partial charge on any atom is 0.326 e. The van der Waals surface area contributed by atoms with Gasteiger partial charge in [-0.15, -0.1) is 0 Å². The van der Waals surface area contributed by atoms with Gasteiger partial charge in [-0.25, -0.2) is 4.79 Å². The Morgan fingerprint density at radius 1 is 0.812 bits per heavy atom. The quantitative estimate of drug-likeness (QED) is 0.113. The minimum absolute atomic E-state index is 0.0129. The predicted molar refractivity (Wildman–Crippen MR) is 117 cm³/mol. The van der Waals surface area contributed by atoms with Gasteiger partial charge in [0.2, 0.25) is 29.5 Å². The molecule has 0 bridgehead atoms. The van der Waals surface area contributed by atoms with Gasteiger partial charge in [0.25, 0.3) is 0 Å². The van der Waals surface area contributed by atoms with Crippen LogP contribution in [0.5, 0.6) is 0 Å². The van der Waals surface area contributed by atoms with Crippen LogP contribution < -0.4 is 33.2 Å². The second-order valence-corrected chi connectivity index (χ2v) is 7.86. The molecule has 0 aromatic heterocycles. The van der Waals surface area contributed by atoms with E-state index < -0.39 is 65.6 Å². The van der Waals surface area contributed by atoms with E-state index in [1.165, 1.54) is 0 Å². The van der Waals surface area contributed by atoms with Crippen LogP contribution >= 0.6 is 12.6 Å². The molecule has 13 nitrogen and oxygen atoms in total. The second-order valence-electron chi connectivity index (χ2n) is 7.49. The molecular formula is C18H32N6O7S. The van der Waals surface area contributed by atoms with Gasteiger partial charge in [-0.05, 0) is 18.8 Å². The number of aliphatic carboxylic acids is 1. The molecule has 182 valence electrons. The Balaban J connectivity index is 5.15. The Morgan fingerprint density at radius 2 is 1.31 bits per heavy atom. The molecule has 10 N–H and O–H groups in total. The third-order valence-corrected chi connectivity index (χ3v) is 4.76. The number of carboxylic acid groups (broad SMARTS) is 1. The fourth-order valence-corrected chi connectivity index (χ4v) is 2.75. The van der Waals surface area contributed by atoms with Crippen LogP contribution in [0.3, 0.4) is 0 Å². The van der Waals surface area contributed by atoms with E-state index in [-0.39, 0.29) is 31.4 Å². The first-order chi connectivity index (χ1) is 14.8. The number of nitrogens with two attached hydrogens (primary N) is 3. The first-order valence-corrected chi connectivity index (χ1v) is 10.5. The lowest BCUT2D eigenvalue weighted by molar-refractivity contribution is -0.143. The monoisotopic (exact) mass is 476 g/mol. The number of rotatable bonds is 15. The molecule has 14 heteroatoms. The van der Waals surface area contributed by atoms with Crippen LogP contribution in [-0.4, -0.2) is 70.5 Å². The van der Waals surface area contributed by atoms with E-state index >= 15 is 0 Å². The predicted octanol–water partition coefficient (Wildman–Crippen LogP) is -3.03. The maximum atomic E-state index is 12.6. The number of amides is 5. The molecule has 0 fully saturated rings. The van der Waals surface area contributed by atoms with E-state index in [2.05, 4.69) is 28.6 Å². The fourth-order valence-electron chi connectivity index (χ4n) is 2.50. The van der Waals surface area contributed by atoms with E-state index in [1.807, 2.05) is 0 Å². The number of primary amides is 2. The fraction of sp³-hybridized carbons (Fsp3) is 0.667. The number of nitrogens with one attached hydrogen (secondary N) is 3. The standard InChI is InChI=1S/C18H32N6O7S/c1-8(2)14(17(29)22-10(18(30)31)4-6-13(21)26)24-16(28)11(7-32)23-15(27)9(19)3-5-12(20)25/h8-11,14,32H,3-7,19H2,1-2H3,(H2,20,25)(H2,21,26)(H,22,29)(H,23,27)(H,24,28)(H,30,31). The van der Waals surface area contributed by atoms with Crippen molar-refractivity contribution in [1.82, 2.24) is 16.0 Å². The van der Waals surface area contributed by atoms with Gasteiger partial charge in [-0.1, -0.05) is 13.8 Å². The van der Waals surface area contributed by atoms with Crippen molar-refractivity contribution in [3.8, 4) is 0 Å². The number of thiol groups is 1. The zero-order valence-electron chi connectivity index (χ0n) is 18.0. The molecular weight excluding hydrogens is 444 g/mol. The van der Waals surface area contributed by atoms with Crippen LogP contribution in [0.15, 0.2) is 0 Å². The molecule has 32 heavy (non-hydrogen) atoms. The average molecular weight is 477 g/mol. The zero-order chi connectivity index (χ0) is 25.0. The smallest absolute Gasteiger partial charge is 0.326 e. The van der Waals surface area contributed by atoms with Gasteiger partial charge < -0.3 is 38.3 Å². The highest BCUT2D eigenvalue weighted by Crippen LogP contribution is 2.06. The summed E-state index contributed by atoms with van der Waals surface area (Å²) in [6.45, 7) is 3.25. The first kappa shape index (κ1) is 29.1. The summed E-state index contributed by atoms with van der Waals surface area (Å²) < 4.78 is 0.